The minimum atomic E-state index is 0.654. The van der Waals surface area contributed by atoms with E-state index in [1.807, 2.05) is 18.2 Å². The number of aryl methyl sites for hydroxylation is 1. The topological polar surface area (TPSA) is 64.3 Å². The summed E-state index contributed by atoms with van der Waals surface area (Å²) in [6.45, 7) is 3.61. The second kappa shape index (κ2) is 7.95. The Hall–Kier alpha value is -1.66. The first-order valence-corrected chi connectivity index (χ1v) is 8.00. The molecule has 0 saturated heterocycles. The molecule has 0 atom stereocenters. The van der Waals surface area contributed by atoms with Crippen molar-refractivity contribution >= 4 is 22.4 Å². The van der Waals surface area contributed by atoms with E-state index in [0.29, 0.717) is 6.54 Å². The number of anilines is 2. The van der Waals surface area contributed by atoms with Crippen LogP contribution in [0.3, 0.4) is 0 Å². The van der Waals surface area contributed by atoms with E-state index < -0.39 is 0 Å². The quantitative estimate of drug-likeness (QED) is 0.812. The van der Waals surface area contributed by atoms with Crippen LogP contribution in [0.4, 0.5) is 10.8 Å². The standard InChI is InChI=1S/C15H22N4OS/c1-3-6-14-17-15(21-18-14)19(10-5-9-16)12-7-4-8-13(11-12)20-2/h4,7-8,11H,3,5-6,9-10,16H2,1-2H3. The fraction of sp³-hybridized carbons (Fsp3) is 0.467. The highest BCUT2D eigenvalue weighted by molar-refractivity contribution is 7.09. The second-order valence-electron chi connectivity index (χ2n) is 4.74. The van der Waals surface area contributed by atoms with Gasteiger partial charge in [-0.1, -0.05) is 13.0 Å². The van der Waals surface area contributed by atoms with Crippen LogP contribution in [0.2, 0.25) is 0 Å². The molecule has 0 unspecified atom stereocenters. The van der Waals surface area contributed by atoms with E-state index in [4.69, 9.17) is 10.5 Å². The van der Waals surface area contributed by atoms with E-state index in [1.54, 1.807) is 7.11 Å². The number of hydrogen-bond donors (Lipinski definition) is 1. The van der Waals surface area contributed by atoms with Crippen molar-refractivity contribution in [2.75, 3.05) is 25.1 Å². The smallest absolute Gasteiger partial charge is 0.209 e. The average molecular weight is 306 g/mol. The summed E-state index contributed by atoms with van der Waals surface area (Å²) in [5, 5.41) is 0.917. The lowest BCUT2D eigenvalue weighted by Gasteiger charge is -2.21. The fourth-order valence-electron chi connectivity index (χ4n) is 2.04. The fourth-order valence-corrected chi connectivity index (χ4v) is 2.80. The van der Waals surface area contributed by atoms with Gasteiger partial charge in [-0.15, -0.1) is 0 Å². The summed E-state index contributed by atoms with van der Waals surface area (Å²) in [4.78, 5) is 6.80. The van der Waals surface area contributed by atoms with Crippen molar-refractivity contribution in [3.05, 3.63) is 30.1 Å². The van der Waals surface area contributed by atoms with Gasteiger partial charge in [-0.2, -0.15) is 4.37 Å². The minimum Gasteiger partial charge on any atom is -0.497 e. The number of nitrogens with two attached hydrogens (primary N) is 1. The van der Waals surface area contributed by atoms with Crippen LogP contribution in [-0.4, -0.2) is 29.6 Å². The van der Waals surface area contributed by atoms with E-state index in [9.17, 15) is 0 Å². The molecule has 0 spiro atoms. The summed E-state index contributed by atoms with van der Waals surface area (Å²) in [6, 6.07) is 7.99. The van der Waals surface area contributed by atoms with Crippen LogP contribution >= 0.6 is 11.5 Å². The lowest BCUT2D eigenvalue weighted by Crippen LogP contribution is -2.20. The van der Waals surface area contributed by atoms with Gasteiger partial charge in [-0.05, 0) is 31.5 Å². The normalized spacial score (nSPS) is 10.6. The van der Waals surface area contributed by atoms with Crippen LogP contribution in [-0.2, 0) is 6.42 Å². The van der Waals surface area contributed by atoms with Crippen molar-refractivity contribution in [2.24, 2.45) is 5.73 Å². The predicted molar refractivity (Wildman–Crippen MR) is 87.6 cm³/mol. The van der Waals surface area contributed by atoms with E-state index in [1.165, 1.54) is 11.5 Å². The summed E-state index contributed by atoms with van der Waals surface area (Å²) < 4.78 is 9.73. The molecule has 0 amide bonds. The minimum absolute atomic E-state index is 0.654. The van der Waals surface area contributed by atoms with Crippen LogP contribution in [0.1, 0.15) is 25.6 Å². The molecule has 6 heteroatoms. The third-order valence-corrected chi connectivity index (χ3v) is 3.89. The molecule has 21 heavy (non-hydrogen) atoms. The molecule has 2 rings (SSSR count). The molecule has 0 bridgehead atoms. The molecular formula is C15H22N4OS. The van der Waals surface area contributed by atoms with Gasteiger partial charge < -0.3 is 15.4 Å². The molecule has 0 radical (unpaired) electrons. The van der Waals surface area contributed by atoms with Crippen LogP contribution in [0, 0.1) is 0 Å². The third-order valence-electron chi connectivity index (χ3n) is 3.11. The number of ether oxygens (including phenoxy) is 1. The summed E-state index contributed by atoms with van der Waals surface area (Å²) in [6.07, 6.45) is 2.87. The van der Waals surface area contributed by atoms with Gasteiger partial charge in [0.1, 0.15) is 11.6 Å². The number of hydrogen-bond acceptors (Lipinski definition) is 6. The van der Waals surface area contributed by atoms with Gasteiger partial charge in [0.2, 0.25) is 5.13 Å². The molecule has 2 N–H and O–H groups in total. The lowest BCUT2D eigenvalue weighted by atomic mass is 10.2. The Morgan fingerprint density at radius 1 is 1.38 bits per heavy atom. The summed E-state index contributed by atoms with van der Waals surface area (Å²) in [5.74, 6) is 1.75. The average Bonchev–Trinajstić information content (AvgIpc) is 2.97. The Morgan fingerprint density at radius 2 is 2.24 bits per heavy atom. The number of rotatable bonds is 8. The van der Waals surface area contributed by atoms with Gasteiger partial charge in [0, 0.05) is 36.3 Å². The first kappa shape index (κ1) is 15.7. The first-order chi connectivity index (χ1) is 10.3. The van der Waals surface area contributed by atoms with E-state index in [0.717, 1.165) is 48.2 Å². The SMILES string of the molecule is CCCc1nsc(N(CCCN)c2cccc(OC)c2)n1. The third kappa shape index (κ3) is 4.15. The summed E-state index contributed by atoms with van der Waals surface area (Å²) in [7, 11) is 1.67. The van der Waals surface area contributed by atoms with Gasteiger partial charge in [0.25, 0.3) is 0 Å². The Labute approximate surface area is 129 Å². The monoisotopic (exact) mass is 306 g/mol. The zero-order valence-corrected chi connectivity index (χ0v) is 13.4. The number of benzene rings is 1. The van der Waals surface area contributed by atoms with Gasteiger partial charge in [-0.3, -0.25) is 0 Å². The molecule has 0 saturated carbocycles. The van der Waals surface area contributed by atoms with Gasteiger partial charge in [0.05, 0.1) is 7.11 Å². The van der Waals surface area contributed by atoms with Crippen molar-refractivity contribution in [3.63, 3.8) is 0 Å². The Kier molecular flexibility index (Phi) is 5.95. The molecule has 0 aliphatic rings. The molecule has 0 aliphatic heterocycles. The maximum atomic E-state index is 5.66. The van der Waals surface area contributed by atoms with Crippen molar-refractivity contribution in [1.82, 2.24) is 9.36 Å². The highest BCUT2D eigenvalue weighted by Crippen LogP contribution is 2.29. The predicted octanol–water partition coefficient (Wildman–Crippen LogP) is 2.99. The van der Waals surface area contributed by atoms with Crippen molar-refractivity contribution in [1.29, 1.82) is 0 Å². The van der Waals surface area contributed by atoms with Crippen molar-refractivity contribution < 1.29 is 4.74 Å². The molecule has 0 aliphatic carbocycles. The molecule has 5 nitrogen and oxygen atoms in total. The Bertz CT molecular complexity index is 558. The Balaban J connectivity index is 2.27. The van der Waals surface area contributed by atoms with Gasteiger partial charge in [0.15, 0.2) is 0 Å². The number of nitrogens with zero attached hydrogens (tertiary/aromatic N) is 3. The highest BCUT2D eigenvalue weighted by Gasteiger charge is 2.14. The highest BCUT2D eigenvalue weighted by atomic mass is 32.1. The number of aromatic nitrogens is 2. The first-order valence-electron chi connectivity index (χ1n) is 7.22. The Morgan fingerprint density at radius 3 is 2.95 bits per heavy atom. The van der Waals surface area contributed by atoms with Crippen LogP contribution < -0.4 is 15.4 Å². The van der Waals surface area contributed by atoms with Crippen LogP contribution in [0.25, 0.3) is 0 Å². The second-order valence-corrected chi connectivity index (χ2v) is 5.47. The van der Waals surface area contributed by atoms with Gasteiger partial charge in [-0.25, -0.2) is 4.98 Å². The summed E-state index contributed by atoms with van der Waals surface area (Å²) >= 11 is 1.44. The molecule has 0 fully saturated rings. The maximum Gasteiger partial charge on any atom is 0.209 e. The largest absolute Gasteiger partial charge is 0.497 e. The molecule has 1 aromatic heterocycles. The van der Waals surface area contributed by atoms with Crippen molar-refractivity contribution in [2.45, 2.75) is 26.2 Å². The van der Waals surface area contributed by atoms with E-state index >= 15 is 0 Å². The van der Waals surface area contributed by atoms with Crippen LogP contribution in [0.5, 0.6) is 5.75 Å². The zero-order chi connectivity index (χ0) is 15.1. The zero-order valence-electron chi connectivity index (χ0n) is 12.6. The maximum absolute atomic E-state index is 5.66. The van der Waals surface area contributed by atoms with Crippen molar-refractivity contribution in [3.8, 4) is 5.75 Å². The molecule has 1 heterocycles. The number of methoxy groups -OCH3 is 1. The van der Waals surface area contributed by atoms with Gasteiger partial charge >= 0.3 is 0 Å². The molecular weight excluding hydrogens is 284 g/mol. The lowest BCUT2D eigenvalue weighted by molar-refractivity contribution is 0.415. The summed E-state index contributed by atoms with van der Waals surface area (Å²) in [5.41, 5.74) is 6.72. The molecule has 114 valence electrons. The molecule has 2 aromatic rings. The van der Waals surface area contributed by atoms with Crippen LogP contribution in [0.15, 0.2) is 24.3 Å². The van der Waals surface area contributed by atoms with E-state index in [2.05, 4.69) is 27.2 Å². The van der Waals surface area contributed by atoms with E-state index in [-0.39, 0.29) is 0 Å². The molecule has 1 aromatic carbocycles.